The van der Waals surface area contributed by atoms with Gasteiger partial charge in [-0.05, 0) is 37.1 Å². The molecule has 0 spiro atoms. The molecule has 0 aromatic heterocycles. The van der Waals surface area contributed by atoms with Crippen molar-refractivity contribution in [1.82, 2.24) is 4.90 Å². The number of amidine groups is 1. The number of rotatable bonds is 9. The fraction of sp³-hybridized carbons (Fsp3) is 0.304. The first-order valence-electron chi connectivity index (χ1n) is 10.2. The monoisotopic (exact) mass is 455 g/mol. The third kappa shape index (κ3) is 5.95. The van der Waals surface area contributed by atoms with Gasteiger partial charge in [0.2, 0.25) is 11.8 Å². The number of esters is 1. The Hall–Kier alpha value is -3.17. The molecule has 1 heterocycles. The minimum atomic E-state index is -0.628. The predicted molar refractivity (Wildman–Crippen MR) is 124 cm³/mol. The third-order valence-electron chi connectivity index (χ3n) is 4.77. The second kappa shape index (κ2) is 11.4. The van der Waals surface area contributed by atoms with E-state index in [1.54, 1.807) is 29.2 Å². The molecule has 2 aromatic rings. The maximum Gasteiger partial charge on any atom is 0.339 e. The van der Waals surface area contributed by atoms with Crippen molar-refractivity contribution in [3.05, 3.63) is 60.2 Å². The number of benzene rings is 2. The summed E-state index contributed by atoms with van der Waals surface area (Å²) in [7, 11) is 1.27. The van der Waals surface area contributed by atoms with E-state index in [1.165, 1.54) is 18.9 Å². The molecule has 1 unspecified atom stereocenters. The highest BCUT2D eigenvalue weighted by atomic mass is 32.2. The Labute approximate surface area is 190 Å². The number of nitrogens with one attached hydrogen (secondary N) is 1. The molecule has 0 radical (unpaired) electrons. The molecule has 1 aliphatic heterocycles. The first-order chi connectivity index (χ1) is 15.5. The Bertz CT molecular complexity index is 996. The molecule has 2 N–H and O–H groups in total. The Kier molecular flexibility index (Phi) is 8.41. The number of aliphatic hydroxyl groups excluding tert-OH is 1. The molecule has 1 saturated heterocycles. The summed E-state index contributed by atoms with van der Waals surface area (Å²) in [5.41, 5.74) is 1.29. The van der Waals surface area contributed by atoms with Crippen LogP contribution in [0.3, 0.4) is 0 Å². The van der Waals surface area contributed by atoms with Crippen LogP contribution in [0, 0.1) is 0 Å². The van der Waals surface area contributed by atoms with Crippen LogP contribution in [0.4, 0.5) is 11.4 Å². The van der Waals surface area contributed by atoms with E-state index in [1.807, 2.05) is 30.3 Å². The average Bonchev–Trinajstić information content (AvgIpc) is 3.08. The van der Waals surface area contributed by atoms with Gasteiger partial charge in [-0.3, -0.25) is 14.5 Å². The lowest BCUT2D eigenvalue weighted by Gasteiger charge is -2.16. The minimum Gasteiger partial charge on any atom is -0.465 e. The molecule has 0 bridgehead atoms. The van der Waals surface area contributed by atoms with Gasteiger partial charge in [-0.1, -0.05) is 42.1 Å². The van der Waals surface area contributed by atoms with Crippen molar-refractivity contribution in [3.63, 3.8) is 0 Å². The maximum atomic E-state index is 13.0. The Morgan fingerprint density at radius 3 is 2.56 bits per heavy atom. The minimum absolute atomic E-state index is 0.0474. The van der Waals surface area contributed by atoms with E-state index < -0.39 is 11.2 Å². The molecule has 168 valence electrons. The van der Waals surface area contributed by atoms with E-state index in [9.17, 15) is 14.4 Å². The molecule has 3 rings (SSSR count). The van der Waals surface area contributed by atoms with E-state index >= 15 is 0 Å². The van der Waals surface area contributed by atoms with Gasteiger partial charge in [0, 0.05) is 19.6 Å². The number of hydrogen-bond donors (Lipinski definition) is 2. The first kappa shape index (κ1) is 23.5. The van der Waals surface area contributed by atoms with Gasteiger partial charge in [0.05, 0.1) is 24.0 Å². The fourth-order valence-electron chi connectivity index (χ4n) is 3.18. The Morgan fingerprint density at radius 2 is 1.84 bits per heavy atom. The van der Waals surface area contributed by atoms with Crippen molar-refractivity contribution in [3.8, 4) is 0 Å². The first-order valence-corrected chi connectivity index (χ1v) is 11.1. The van der Waals surface area contributed by atoms with Gasteiger partial charge in [0.15, 0.2) is 5.17 Å². The molecular weight excluding hydrogens is 430 g/mol. The summed E-state index contributed by atoms with van der Waals surface area (Å²) in [4.78, 5) is 43.8. The zero-order valence-corrected chi connectivity index (χ0v) is 18.5. The number of amides is 2. The molecule has 32 heavy (non-hydrogen) atoms. The highest BCUT2D eigenvalue weighted by Crippen LogP contribution is 2.32. The molecule has 9 heteroatoms. The van der Waals surface area contributed by atoms with Crippen molar-refractivity contribution >= 4 is 46.1 Å². The SMILES string of the molecule is COC(=O)c1ccccc1NC(=O)CC1S/C(=N/c2ccccc2)N(CCCCO)C1=O. The van der Waals surface area contributed by atoms with Crippen LogP contribution in [0.15, 0.2) is 59.6 Å². The molecule has 1 aliphatic rings. The number of unbranched alkanes of at least 4 members (excludes halogenated alkanes) is 1. The number of ether oxygens (including phenoxy) is 1. The van der Waals surface area contributed by atoms with E-state index in [-0.39, 0.29) is 30.4 Å². The number of aliphatic hydroxyl groups is 1. The van der Waals surface area contributed by atoms with Gasteiger partial charge >= 0.3 is 5.97 Å². The van der Waals surface area contributed by atoms with Crippen LogP contribution >= 0.6 is 11.8 Å². The van der Waals surface area contributed by atoms with Gasteiger partial charge in [-0.15, -0.1) is 0 Å². The summed E-state index contributed by atoms with van der Waals surface area (Å²) < 4.78 is 4.75. The fourth-order valence-corrected chi connectivity index (χ4v) is 4.36. The van der Waals surface area contributed by atoms with Gasteiger partial charge in [-0.25, -0.2) is 9.79 Å². The summed E-state index contributed by atoms with van der Waals surface area (Å²) in [5.74, 6) is -1.14. The second-order valence-electron chi connectivity index (χ2n) is 7.05. The second-order valence-corrected chi connectivity index (χ2v) is 8.22. The molecule has 1 fully saturated rings. The van der Waals surface area contributed by atoms with E-state index in [0.717, 1.165) is 0 Å². The molecule has 2 amide bonds. The van der Waals surface area contributed by atoms with Crippen molar-refractivity contribution in [1.29, 1.82) is 0 Å². The molecule has 2 aromatic carbocycles. The lowest BCUT2D eigenvalue weighted by molar-refractivity contribution is -0.128. The smallest absolute Gasteiger partial charge is 0.339 e. The summed E-state index contributed by atoms with van der Waals surface area (Å²) in [6.45, 7) is 0.465. The number of nitrogens with zero attached hydrogens (tertiary/aromatic N) is 2. The number of thioether (sulfide) groups is 1. The summed E-state index contributed by atoms with van der Waals surface area (Å²) in [6.07, 6.45) is 1.13. The van der Waals surface area contributed by atoms with E-state index in [2.05, 4.69) is 10.3 Å². The molecule has 0 aliphatic carbocycles. The summed E-state index contributed by atoms with van der Waals surface area (Å²) >= 11 is 1.25. The highest BCUT2D eigenvalue weighted by Gasteiger charge is 2.39. The van der Waals surface area contributed by atoms with Crippen LogP contribution in [0.5, 0.6) is 0 Å². The highest BCUT2D eigenvalue weighted by molar-refractivity contribution is 8.15. The van der Waals surface area contributed by atoms with Gasteiger partial charge in [-0.2, -0.15) is 0 Å². The number of methoxy groups -OCH3 is 1. The van der Waals surface area contributed by atoms with Gasteiger partial charge < -0.3 is 15.2 Å². The van der Waals surface area contributed by atoms with Crippen LogP contribution in [-0.4, -0.2) is 58.5 Å². The van der Waals surface area contributed by atoms with Crippen LogP contribution in [0.25, 0.3) is 0 Å². The standard InChI is InChI=1S/C23H25N3O5S/c1-31-22(30)17-11-5-6-12-18(17)25-20(28)15-19-21(29)26(13-7-8-14-27)23(32-19)24-16-9-3-2-4-10-16/h2-6,9-12,19,27H,7-8,13-15H2,1H3,(H,25,28)/b24-23+. The number of para-hydroxylation sites is 2. The predicted octanol–water partition coefficient (Wildman–Crippen LogP) is 3.21. The average molecular weight is 456 g/mol. The van der Waals surface area contributed by atoms with Gasteiger partial charge in [0.25, 0.3) is 0 Å². The van der Waals surface area contributed by atoms with Gasteiger partial charge in [0.1, 0.15) is 5.25 Å². The van der Waals surface area contributed by atoms with Crippen LogP contribution in [-0.2, 0) is 14.3 Å². The van der Waals surface area contributed by atoms with Crippen molar-refractivity contribution < 1.29 is 24.2 Å². The lowest BCUT2D eigenvalue weighted by Crippen LogP contribution is -2.34. The maximum absolute atomic E-state index is 13.0. The topological polar surface area (TPSA) is 108 Å². The molecule has 1 atom stereocenters. The Balaban J connectivity index is 1.73. The third-order valence-corrected chi connectivity index (χ3v) is 5.94. The Morgan fingerprint density at radius 1 is 1.12 bits per heavy atom. The van der Waals surface area contributed by atoms with E-state index in [0.29, 0.717) is 35.9 Å². The molecular formula is C23H25N3O5S. The zero-order valence-electron chi connectivity index (χ0n) is 17.7. The number of aliphatic imine (C=N–C) groups is 1. The van der Waals surface area contributed by atoms with Crippen molar-refractivity contribution in [2.75, 3.05) is 25.6 Å². The summed E-state index contributed by atoms with van der Waals surface area (Å²) in [6, 6.07) is 15.8. The number of carbonyl (C=O) groups is 3. The van der Waals surface area contributed by atoms with Crippen molar-refractivity contribution in [2.24, 2.45) is 4.99 Å². The quantitative estimate of drug-likeness (QED) is 0.444. The van der Waals surface area contributed by atoms with Crippen LogP contribution < -0.4 is 5.32 Å². The summed E-state index contributed by atoms with van der Waals surface area (Å²) in [5, 5.41) is 11.7. The van der Waals surface area contributed by atoms with Crippen LogP contribution in [0.2, 0.25) is 0 Å². The zero-order chi connectivity index (χ0) is 22.9. The number of carbonyl (C=O) groups excluding carboxylic acids is 3. The molecule has 8 nitrogen and oxygen atoms in total. The lowest BCUT2D eigenvalue weighted by atomic mass is 10.1. The van der Waals surface area contributed by atoms with E-state index in [4.69, 9.17) is 9.84 Å². The number of anilines is 1. The molecule has 0 saturated carbocycles. The number of hydrogen-bond acceptors (Lipinski definition) is 7. The largest absolute Gasteiger partial charge is 0.465 e. The van der Waals surface area contributed by atoms with Crippen molar-refractivity contribution in [2.45, 2.75) is 24.5 Å². The van der Waals surface area contributed by atoms with Crippen LogP contribution in [0.1, 0.15) is 29.6 Å². The normalized spacial score (nSPS) is 16.9.